The number of nitrogens with one attached hydrogen (secondary N) is 1. The van der Waals surface area contributed by atoms with Crippen molar-refractivity contribution in [3.05, 3.63) is 77.3 Å². The summed E-state index contributed by atoms with van der Waals surface area (Å²) >= 11 is 3.44. The molecule has 3 aromatic rings. The van der Waals surface area contributed by atoms with Crippen LogP contribution in [0.25, 0.3) is 16.5 Å². The summed E-state index contributed by atoms with van der Waals surface area (Å²) in [6, 6.07) is 19.5. The second kappa shape index (κ2) is 5.62. The van der Waals surface area contributed by atoms with E-state index in [0.29, 0.717) is 11.3 Å². The quantitative estimate of drug-likeness (QED) is 0.670. The maximum Gasteiger partial charge on any atom is 0.125 e. The molecule has 0 heterocycles. The second-order valence-electron chi connectivity index (χ2n) is 4.83. The molecule has 0 aliphatic heterocycles. The lowest BCUT2D eigenvalue weighted by Crippen LogP contribution is -1.97. The van der Waals surface area contributed by atoms with Crippen molar-refractivity contribution in [1.29, 1.82) is 0 Å². The predicted molar refractivity (Wildman–Crippen MR) is 92.4 cm³/mol. The third-order valence-corrected chi connectivity index (χ3v) is 3.80. The van der Waals surface area contributed by atoms with Gasteiger partial charge in [0.2, 0.25) is 0 Å². The number of rotatable bonds is 3. The summed E-state index contributed by atoms with van der Waals surface area (Å²) in [7, 11) is 0. The van der Waals surface area contributed by atoms with Gasteiger partial charge in [-0.1, -0.05) is 52.8 Å². The standard InChI is InChI=1S/C18H14BrNO/c1-12(20-16-8-4-7-15(19)11-16)17-9-13-5-2-3-6-14(13)10-18(17)21/h2-11,20-21H,1H2. The lowest BCUT2D eigenvalue weighted by molar-refractivity contribution is 0.474. The van der Waals surface area contributed by atoms with Crippen molar-refractivity contribution in [1.82, 2.24) is 0 Å². The molecule has 3 aromatic carbocycles. The summed E-state index contributed by atoms with van der Waals surface area (Å²) in [6.45, 7) is 4.03. The number of halogens is 1. The van der Waals surface area contributed by atoms with Gasteiger partial charge >= 0.3 is 0 Å². The number of benzene rings is 3. The molecule has 0 bridgehead atoms. The van der Waals surface area contributed by atoms with Gasteiger partial charge in [-0.25, -0.2) is 0 Å². The van der Waals surface area contributed by atoms with E-state index in [0.717, 1.165) is 20.9 Å². The molecule has 0 saturated heterocycles. The van der Waals surface area contributed by atoms with Gasteiger partial charge in [0.15, 0.2) is 0 Å². The topological polar surface area (TPSA) is 32.3 Å². The molecular weight excluding hydrogens is 326 g/mol. The van der Waals surface area contributed by atoms with Gasteiger partial charge in [0.25, 0.3) is 0 Å². The molecule has 0 amide bonds. The minimum atomic E-state index is 0.223. The fraction of sp³-hybridized carbons (Fsp3) is 0. The van der Waals surface area contributed by atoms with Gasteiger partial charge in [0, 0.05) is 21.4 Å². The molecule has 0 spiro atoms. The molecule has 0 fully saturated rings. The summed E-state index contributed by atoms with van der Waals surface area (Å²) in [5.74, 6) is 0.223. The number of phenolic OH excluding ortho intramolecular Hbond substituents is 1. The third-order valence-electron chi connectivity index (χ3n) is 3.31. The lowest BCUT2D eigenvalue weighted by atomic mass is 10.0. The van der Waals surface area contributed by atoms with Crippen molar-refractivity contribution in [3.63, 3.8) is 0 Å². The first-order valence-electron chi connectivity index (χ1n) is 6.57. The van der Waals surface area contributed by atoms with Crippen molar-refractivity contribution >= 4 is 38.1 Å². The maximum absolute atomic E-state index is 10.2. The van der Waals surface area contributed by atoms with E-state index in [4.69, 9.17) is 0 Å². The Kier molecular flexibility index (Phi) is 3.67. The molecule has 0 saturated carbocycles. The van der Waals surface area contributed by atoms with Gasteiger partial charge in [0.05, 0.1) is 0 Å². The number of aromatic hydroxyl groups is 1. The molecule has 0 unspecified atom stereocenters. The van der Waals surface area contributed by atoms with Crippen LogP contribution in [0.2, 0.25) is 0 Å². The zero-order valence-corrected chi connectivity index (χ0v) is 12.9. The van der Waals surface area contributed by atoms with Crippen LogP contribution in [0.1, 0.15) is 5.56 Å². The molecule has 3 heteroatoms. The second-order valence-corrected chi connectivity index (χ2v) is 5.75. The van der Waals surface area contributed by atoms with E-state index in [2.05, 4.69) is 27.8 Å². The minimum Gasteiger partial charge on any atom is -0.507 e. The highest BCUT2D eigenvalue weighted by molar-refractivity contribution is 9.10. The highest BCUT2D eigenvalue weighted by Gasteiger charge is 2.08. The van der Waals surface area contributed by atoms with Crippen molar-refractivity contribution in [2.75, 3.05) is 5.32 Å². The van der Waals surface area contributed by atoms with Gasteiger partial charge in [0.1, 0.15) is 5.75 Å². The smallest absolute Gasteiger partial charge is 0.125 e. The molecule has 0 aromatic heterocycles. The maximum atomic E-state index is 10.2. The first-order chi connectivity index (χ1) is 10.1. The van der Waals surface area contributed by atoms with Crippen LogP contribution in [0.15, 0.2) is 71.7 Å². The minimum absolute atomic E-state index is 0.223. The number of fused-ring (bicyclic) bond motifs is 1. The van der Waals surface area contributed by atoms with Gasteiger partial charge in [-0.3, -0.25) is 0 Å². The van der Waals surface area contributed by atoms with Gasteiger partial charge < -0.3 is 10.4 Å². The van der Waals surface area contributed by atoms with Crippen LogP contribution in [0.5, 0.6) is 5.75 Å². The Morgan fingerprint density at radius 1 is 0.952 bits per heavy atom. The Hall–Kier alpha value is -2.26. The first kappa shape index (κ1) is 13.7. The van der Waals surface area contributed by atoms with E-state index in [9.17, 15) is 5.11 Å². The monoisotopic (exact) mass is 339 g/mol. The molecule has 3 rings (SSSR count). The van der Waals surface area contributed by atoms with E-state index in [-0.39, 0.29) is 5.75 Å². The van der Waals surface area contributed by atoms with Gasteiger partial charge in [-0.2, -0.15) is 0 Å². The summed E-state index contributed by atoms with van der Waals surface area (Å²) in [6.07, 6.45) is 0. The number of anilines is 1. The van der Waals surface area contributed by atoms with Crippen molar-refractivity contribution in [2.24, 2.45) is 0 Å². The van der Waals surface area contributed by atoms with Crippen molar-refractivity contribution in [2.45, 2.75) is 0 Å². The van der Waals surface area contributed by atoms with Crippen molar-refractivity contribution in [3.8, 4) is 5.75 Å². The Morgan fingerprint density at radius 2 is 1.67 bits per heavy atom. The van der Waals surface area contributed by atoms with Crippen LogP contribution in [-0.4, -0.2) is 5.11 Å². The third kappa shape index (κ3) is 2.93. The van der Waals surface area contributed by atoms with Crippen molar-refractivity contribution < 1.29 is 5.11 Å². The first-order valence-corrected chi connectivity index (χ1v) is 7.36. The fourth-order valence-corrected chi connectivity index (χ4v) is 2.68. The van der Waals surface area contributed by atoms with E-state index < -0.39 is 0 Å². The van der Waals surface area contributed by atoms with Crippen LogP contribution in [0.4, 0.5) is 5.69 Å². The number of hydrogen-bond acceptors (Lipinski definition) is 2. The van der Waals surface area contributed by atoms with E-state index in [1.165, 1.54) is 0 Å². The summed E-state index contributed by atoms with van der Waals surface area (Å²) in [5.41, 5.74) is 2.28. The van der Waals surface area contributed by atoms with Crippen LogP contribution in [-0.2, 0) is 0 Å². The summed E-state index contributed by atoms with van der Waals surface area (Å²) < 4.78 is 0.989. The fourth-order valence-electron chi connectivity index (χ4n) is 2.28. The SMILES string of the molecule is C=C(Nc1cccc(Br)c1)c1cc2ccccc2cc1O. The zero-order valence-electron chi connectivity index (χ0n) is 11.3. The average Bonchev–Trinajstić information content (AvgIpc) is 2.46. The van der Waals surface area contributed by atoms with E-state index in [1.54, 1.807) is 6.07 Å². The van der Waals surface area contributed by atoms with Gasteiger partial charge in [-0.15, -0.1) is 0 Å². The molecule has 21 heavy (non-hydrogen) atoms. The lowest BCUT2D eigenvalue weighted by Gasteiger charge is -2.13. The van der Waals surface area contributed by atoms with Gasteiger partial charge in [-0.05, 0) is 41.1 Å². The van der Waals surface area contributed by atoms with Crippen LogP contribution in [0, 0.1) is 0 Å². The summed E-state index contributed by atoms with van der Waals surface area (Å²) in [4.78, 5) is 0. The summed E-state index contributed by atoms with van der Waals surface area (Å²) in [5, 5.41) is 15.5. The molecule has 0 aliphatic carbocycles. The molecule has 2 nitrogen and oxygen atoms in total. The van der Waals surface area contributed by atoms with Crippen LogP contribution in [0.3, 0.4) is 0 Å². The highest BCUT2D eigenvalue weighted by Crippen LogP contribution is 2.30. The molecule has 2 N–H and O–H groups in total. The predicted octanol–water partition coefficient (Wildman–Crippen LogP) is 5.39. The molecule has 0 atom stereocenters. The largest absolute Gasteiger partial charge is 0.507 e. The Balaban J connectivity index is 1.96. The Labute approximate surface area is 131 Å². The number of phenols is 1. The average molecular weight is 340 g/mol. The molecule has 0 aliphatic rings. The number of hydrogen-bond donors (Lipinski definition) is 2. The van der Waals surface area contributed by atoms with Crippen LogP contribution >= 0.6 is 15.9 Å². The Morgan fingerprint density at radius 3 is 2.38 bits per heavy atom. The Bertz CT molecular complexity index is 826. The molecule has 104 valence electrons. The molecule has 0 radical (unpaired) electrons. The van der Waals surface area contributed by atoms with E-state index >= 15 is 0 Å². The van der Waals surface area contributed by atoms with Crippen LogP contribution < -0.4 is 5.32 Å². The normalized spacial score (nSPS) is 10.5. The molecular formula is C18H14BrNO. The zero-order chi connectivity index (χ0) is 14.8. The van der Waals surface area contributed by atoms with E-state index in [1.807, 2.05) is 54.6 Å². The highest BCUT2D eigenvalue weighted by atomic mass is 79.9.